The number of rotatable bonds is 4. The van der Waals surface area contributed by atoms with Crippen LogP contribution in [0.3, 0.4) is 0 Å². The number of anilines is 1. The van der Waals surface area contributed by atoms with Crippen LogP contribution >= 0.6 is 15.9 Å². The number of halogens is 1. The average Bonchev–Trinajstić information content (AvgIpc) is 2.31. The first kappa shape index (κ1) is 14.4. The summed E-state index contributed by atoms with van der Waals surface area (Å²) >= 11 is 3.20. The third-order valence-corrected chi connectivity index (χ3v) is 2.82. The first-order valence-electron chi connectivity index (χ1n) is 5.46. The highest BCUT2D eigenvalue weighted by Crippen LogP contribution is 2.21. The van der Waals surface area contributed by atoms with Gasteiger partial charge in [-0.1, -0.05) is 28.9 Å². The van der Waals surface area contributed by atoms with Crippen molar-refractivity contribution in [3.05, 3.63) is 39.9 Å². The lowest BCUT2D eigenvalue weighted by Crippen LogP contribution is -2.15. The van der Waals surface area contributed by atoms with Crippen molar-refractivity contribution in [1.29, 1.82) is 0 Å². The third-order valence-electron chi connectivity index (χ3n) is 2.33. The van der Waals surface area contributed by atoms with Gasteiger partial charge in [0.15, 0.2) is 0 Å². The number of nitrogens with one attached hydrogen (secondary N) is 1. The van der Waals surface area contributed by atoms with Crippen LogP contribution in [0.15, 0.2) is 34.3 Å². The van der Waals surface area contributed by atoms with E-state index in [4.69, 9.17) is 5.11 Å². The van der Waals surface area contributed by atoms with E-state index in [1.165, 1.54) is 6.07 Å². The summed E-state index contributed by atoms with van der Waals surface area (Å²) in [4.78, 5) is 22.8. The summed E-state index contributed by atoms with van der Waals surface area (Å²) in [6.45, 7) is 3.62. The number of hydrogen-bond acceptors (Lipinski definition) is 2. The van der Waals surface area contributed by atoms with E-state index in [1.807, 2.05) is 6.92 Å². The van der Waals surface area contributed by atoms with Crippen molar-refractivity contribution in [1.82, 2.24) is 0 Å². The number of carboxylic acids is 1. The zero-order valence-corrected chi connectivity index (χ0v) is 11.7. The van der Waals surface area contributed by atoms with Crippen molar-refractivity contribution in [2.45, 2.75) is 20.3 Å². The van der Waals surface area contributed by atoms with Crippen LogP contribution < -0.4 is 5.32 Å². The highest BCUT2D eigenvalue weighted by atomic mass is 79.9. The number of hydrogen-bond donors (Lipinski definition) is 2. The van der Waals surface area contributed by atoms with Crippen molar-refractivity contribution < 1.29 is 14.7 Å². The van der Waals surface area contributed by atoms with Crippen molar-refractivity contribution >= 4 is 33.5 Å². The molecule has 2 N–H and O–H groups in total. The molecule has 0 spiro atoms. The number of allylic oxidation sites excluding steroid dienone is 1. The Morgan fingerprint density at radius 1 is 1.44 bits per heavy atom. The Morgan fingerprint density at radius 2 is 2.11 bits per heavy atom. The molecule has 0 saturated carbocycles. The van der Waals surface area contributed by atoms with E-state index >= 15 is 0 Å². The van der Waals surface area contributed by atoms with Crippen molar-refractivity contribution in [2.24, 2.45) is 0 Å². The molecule has 0 aliphatic rings. The van der Waals surface area contributed by atoms with Gasteiger partial charge in [-0.2, -0.15) is 0 Å². The van der Waals surface area contributed by atoms with E-state index in [9.17, 15) is 9.59 Å². The predicted octanol–water partition coefficient (Wildman–Crippen LogP) is 3.44. The molecule has 5 heteroatoms. The summed E-state index contributed by atoms with van der Waals surface area (Å²) < 4.78 is 0.652. The normalized spacial score (nSPS) is 11.2. The van der Waals surface area contributed by atoms with Gasteiger partial charge in [0.25, 0.3) is 5.91 Å². The van der Waals surface area contributed by atoms with Crippen LogP contribution in [-0.2, 0) is 4.79 Å². The molecular weight excluding hydrogens is 298 g/mol. The lowest BCUT2D eigenvalue weighted by Gasteiger charge is -2.09. The Morgan fingerprint density at radius 3 is 2.67 bits per heavy atom. The molecule has 0 aromatic heterocycles. The van der Waals surface area contributed by atoms with E-state index in [2.05, 4.69) is 21.2 Å². The van der Waals surface area contributed by atoms with Gasteiger partial charge in [0.05, 0.1) is 11.3 Å². The first-order chi connectivity index (χ1) is 8.45. The van der Waals surface area contributed by atoms with Crippen molar-refractivity contribution in [3.63, 3.8) is 0 Å². The first-order valence-corrected chi connectivity index (χ1v) is 6.26. The number of benzene rings is 1. The molecule has 0 aliphatic heterocycles. The van der Waals surface area contributed by atoms with Crippen LogP contribution in [-0.4, -0.2) is 17.0 Å². The minimum absolute atomic E-state index is 0.0574. The van der Waals surface area contributed by atoms with Gasteiger partial charge < -0.3 is 10.4 Å². The van der Waals surface area contributed by atoms with Gasteiger partial charge in [0.1, 0.15) is 0 Å². The monoisotopic (exact) mass is 311 g/mol. The molecule has 1 aromatic rings. The summed E-state index contributed by atoms with van der Waals surface area (Å²) in [5.41, 5.74) is 0.915. The maximum atomic E-state index is 11.8. The second-order valence-electron chi connectivity index (χ2n) is 3.74. The molecule has 1 amide bonds. The molecule has 1 aromatic carbocycles. The summed E-state index contributed by atoms with van der Waals surface area (Å²) in [7, 11) is 0. The minimum atomic E-state index is -1.08. The molecule has 96 valence electrons. The van der Waals surface area contributed by atoms with E-state index in [0.29, 0.717) is 15.7 Å². The lowest BCUT2D eigenvalue weighted by atomic mass is 10.1. The van der Waals surface area contributed by atoms with Crippen molar-refractivity contribution in [2.75, 3.05) is 5.32 Å². The number of aromatic carboxylic acids is 1. The average molecular weight is 312 g/mol. The second kappa shape index (κ2) is 6.35. The highest BCUT2D eigenvalue weighted by molar-refractivity contribution is 9.10. The van der Waals surface area contributed by atoms with E-state index in [1.54, 1.807) is 25.1 Å². The van der Waals surface area contributed by atoms with Crippen LogP contribution in [0.2, 0.25) is 0 Å². The highest BCUT2D eigenvalue weighted by Gasteiger charge is 2.13. The molecule has 0 bridgehead atoms. The van der Waals surface area contributed by atoms with Crippen LogP contribution in [0.1, 0.15) is 30.6 Å². The molecule has 4 nitrogen and oxygen atoms in total. The molecule has 0 radical (unpaired) electrons. The fourth-order valence-corrected chi connectivity index (χ4v) is 1.78. The Bertz CT molecular complexity index is 509. The Labute approximate surface area is 114 Å². The molecule has 0 unspecified atom stereocenters. The number of carbonyl (C=O) groups excluding carboxylic acids is 1. The Balaban J connectivity index is 3.01. The molecule has 18 heavy (non-hydrogen) atoms. The molecule has 0 aliphatic carbocycles. The Hall–Kier alpha value is -1.62. The van der Waals surface area contributed by atoms with E-state index in [0.717, 1.165) is 6.42 Å². The summed E-state index contributed by atoms with van der Waals surface area (Å²) in [6, 6.07) is 4.70. The van der Waals surface area contributed by atoms with Gasteiger partial charge in [0.2, 0.25) is 0 Å². The number of carbonyl (C=O) groups is 2. The fraction of sp³-hybridized carbons (Fsp3) is 0.231. The number of amides is 1. The van der Waals surface area contributed by atoms with Gasteiger partial charge in [-0.15, -0.1) is 0 Å². The molecular formula is C13H14BrNO3. The fourth-order valence-electron chi connectivity index (χ4n) is 1.42. The van der Waals surface area contributed by atoms with Gasteiger partial charge in [-0.3, -0.25) is 4.79 Å². The van der Waals surface area contributed by atoms with E-state index < -0.39 is 5.97 Å². The SMILES string of the molecule is CCC=C(C)C(=O)Nc1ccc(Br)cc1C(=O)O. The standard InChI is InChI=1S/C13H14BrNO3/c1-3-4-8(2)12(16)15-11-6-5-9(14)7-10(11)13(17)18/h4-7H,3H2,1-2H3,(H,15,16)(H,17,18). The number of carboxylic acid groups (broad SMARTS) is 1. The quantitative estimate of drug-likeness (QED) is 0.837. The van der Waals surface area contributed by atoms with Crippen LogP contribution in [0.25, 0.3) is 0 Å². The lowest BCUT2D eigenvalue weighted by molar-refractivity contribution is -0.112. The molecule has 0 heterocycles. The van der Waals surface area contributed by atoms with Gasteiger partial charge in [-0.05, 0) is 31.5 Å². The van der Waals surface area contributed by atoms with Crippen molar-refractivity contribution in [3.8, 4) is 0 Å². The largest absolute Gasteiger partial charge is 0.478 e. The van der Waals surface area contributed by atoms with Gasteiger partial charge in [-0.25, -0.2) is 4.79 Å². The van der Waals surface area contributed by atoms with E-state index in [-0.39, 0.29) is 11.5 Å². The van der Waals surface area contributed by atoms with Crippen LogP contribution in [0, 0.1) is 0 Å². The van der Waals surface area contributed by atoms with Gasteiger partial charge in [0, 0.05) is 10.0 Å². The predicted molar refractivity (Wildman–Crippen MR) is 73.8 cm³/mol. The minimum Gasteiger partial charge on any atom is -0.478 e. The summed E-state index contributed by atoms with van der Waals surface area (Å²) in [6.07, 6.45) is 2.54. The smallest absolute Gasteiger partial charge is 0.337 e. The summed E-state index contributed by atoms with van der Waals surface area (Å²) in [5, 5.41) is 11.7. The zero-order chi connectivity index (χ0) is 13.7. The Kier molecular flexibility index (Phi) is 5.09. The van der Waals surface area contributed by atoms with Gasteiger partial charge >= 0.3 is 5.97 Å². The summed E-state index contributed by atoms with van der Waals surface area (Å²) in [5.74, 6) is -1.37. The second-order valence-corrected chi connectivity index (χ2v) is 4.66. The molecule has 1 rings (SSSR count). The topological polar surface area (TPSA) is 66.4 Å². The maximum Gasteiger partial charge on any atom is 0.337 e. The molecule has 0 fully saturated rings. The third kappa shape index (κ3) is 3.70. The zero-order valence-electron chi connectivity index (χ0n) is 10.2. The maximum absolute atomic E-state index is 11.8. The molecule has 0 saturated heterocycles. The molecule has 0 atom stereocenters. The van der Waals surface area contributed by atoms with Crippen LogP contribution in [0.4, 0.5) is 5.69 Å². The van der Waals surface area contributed by atoms with Crippen LogP contribution in [0.5, 0.6) is 0 Å².